The SMILES string of the molecule is CN=C(NCc1ccco1)NCC1(CN2CCOCC2)CCCCC1.I. The van der Waals surface area contributed by atoms with Gasteiger partial charge < -0.3 is 19.8 Å². The Kier molecular flexibility index (Phi) is 9.21. The van der Waals surface area contributed by atoms with E-state index in [-0.39, 0.29) is 24.0 Å². The van der Waals surface area contributed by atoms with Crippen LogP contribution in [0.25, 0.3) is 0 Å². The van der Waals surface area contributed by atoms with Gasteiger partial charge in [-0.15, -0.1) is 24.0 Å². The lowest BCUT2D eigenvalue weighted by Gasteiger charge is -2.42. The van der Waals surface area contributed by atoms with Crippen molar-refractivity contribution in [3.05, 3.63) is 24.2 Å². The molecule has 0 aromatic carbocycles. The molecule has 0 amide bonds. The van der Waals surface area contributed by atoms with Crippen LogP contribution >= 0.6 is 24.0 Å². The van der Waals surface area contributed by atoms with E-state index >= 15 is 0 Å². The summed E-state index contributed by atoms with van der Waals surface area (Å²) in [5.41, 5.74) is 0.345. The number of nitrogens with zero attached hydrogens (tertiary/aromatic N) is 2. The molecule has 1 saturated carbocycles. The second kappa shape index (κ2) is 11.1. The summed E-state index contributed by atoms with van der Waals surface area (Å²) in [6, 6.07) is 3.88. The maximum absolute atomic E-state index is 5.51. The first kappa shape index (κ1) is 21.5. The van der Waals surface area contributed by atoms with E-state index in [2.05, 4.69) is 20.5 Å². The molecule has 0 atom stereocenters. The van der Waals surface area contributed by atoms with Gasteiger partial charge in [-0.3, -0.25) is 9.89 Å². The highest BCUT2D eigenvalue weighted by molar-refractivity contribution is 14.0. The number of morpholine rings is 1. The van der Waals surface area contributed by atoms with Crippen molar-refractivity contribution in [2.45, 2.75) is 38.6 Å². The predicted molar refractivity (Wildman–Crippen MR) is 115 cm³/mol. The molecule has 2 N–H and O–H groups in total. The molecule has 26 heavy (non-hydrogen) atoms. The minimum absolute atomic E-state index is 0. The van der Waals surface area contributed by atoms with E-state index in [9.17, 15) is 0 Å². The predicted octanol–water partition coefficient (Wildman–Crippen LogP) is 2.85. The summed E-state index contributed by atoms with van der Waals surface area (Å²) in [4.78, 5) is 6.95. The summed E-state index contributed by atoms with van der Waals surface area (Å²) >= 11 is 0. The fraction of sp³-hybridized carbons (Fsp3) is 0.737. The van der Waals surface area contributed by atoms with E-state index in [4.69, 9.17) is 9.15 Å². The monoisotopic (exact) mass is 476 g/mol. The molecule has 2 heterocycles. The molecular weight excluding hydrogens is 443 g/mol. The van der Waals surface area contributed by atoms with Crippen LogP contribution in [0, 0.1) is 5.41 Å². The van der Waals surface area contributed by atoms with Crippen molar-refractivity contribution in [3.8, 4) is 0 Å². The van der Waals surface area contributed by atoms with Gasteiger partial charge in [-0.1, -0.05) is 19.3 Å². The Hall–Kier alpha value is -0.800. The highest BCUT2D eigenvalue weighted by Crippen LogP contribution is 2.36. The first-order valence-electron chi connectivity index (χ1n) is 9.57. The minimum Gasteiger partial charge on any atom is -0.467 e. The fourth-order valence-electron chi connectivity index (χ4n) is 4.00. The van der Waals surface area contributed by atoms with Crippen LogP contribution in [0.3, 0.4) is 0 Å². The van der Waals surface area contributed by atoms with Crippen LogP contribution in [0.15, 0.2) is 27.8 Å². The third-order valence-electron chi connectivity index (χ3n) is 5.44. The molecule has 0 bridgehead atoms. The number of nitrogens with one attached hydrogen (secondary N) is 2. The van der Waals surface area contributed by atoms with E-state index in [1.54, 1.807) is 6.26 Å². The first-order chi connectivity index (χ1) is 12.3. The minimum atomic E-state index is 0. The molecule has 7 heteroatoms. The van der Waals surface area contributed by atoms with Crippen LogP contribution < -0.4 is 10.6 Å². The summed E-state index contributed by atoms with van der Waals surface area (Å²) in [5, 5.41) is 6.92. The van der Waals surface area contributed by atoms with Crippen molar-refractivity contribution in [2.75, 3.05) is 46.4 Å². The van der Waals surface area contributed by atoms with Gasteiger partial charge in [-0.05, 0) is 25.0 Å². The smallest absolute Gasteiger partial charge is 0.191 e. The molecule has 1 aliphatic carbocycles. The molecule has 1 aromatic rings. The van der Waals surface area contributed by atoms with Crippen molar-refractivity contribution >= 4 is 29.9 Å². The molecular formula is C19H33IN4O2. The molecule has 0 unspecified atom stereocenters. The van der Waals surface area contributed by atoms with Crippen molar-refractivity contribution in [2.24, 2.45) is 10.4 Å². The summed E-state index contributed by atoms with van der Waals surface area (Å²) in [6.07, 6.45) is 8.34. The fourth-order valence-corrected chi connectivity index (χ4v) is 4.00. The van der Waals surface area contributed by atoms with E-state index in [1.165, 1.54) is 38.6 Å². The largest absolute Gasteiger partial charge is 0.467 e. The van der Waals surface area contributed by atoms with Gasteiger partial charge in [0.25, 0.3) is 0 Å². The molecule has 148 valence electrons. The summed E-state index contributed by atoms with van der Waals surface area (Å²) in [6.45, 7) is 6.66. The average molecular weight is 476 g/mol. The number of hydrogen-bond donors (Lipinski definition) is 2. The number of furan rings is 1. The van der Waals surface area contributed by atoms with Gasteiger partial charge in [-0.2, -0.15) is 0 Å². The maximum atomic E-state index is 5.51. The molecule has 2 fully saturated rings. The molecule has 6 nitrogen and oxygen atoms in total. The number of ether oxygens (including phenoxy) is 1. The number of rotatable bonds is 6. The van der Waals surface area contributed by atoms with Gasteiger partial charge in [0.1, 0.15) is 5.76 Å². The van der Waals surface area contributed by atoms with Crippen LogP contribution in [0.5, 0.6) is 0 Å². The van der Waals surface area contributed by atoms with Gasteiger partial charge in [0.05, 0.1) is 26.0 Å². The standard InChI is InChI=1S/C19H32N4O2.HI/c1-20-18(21-14-17-6-5-11-25-17)22-15-19(7-3-2-4-8-19)16-23-9-12-24-13-10-23;/h5-6,11H,2-4,7-10,12-16H2,1H3,(H2,20,21,22);1H. The first-order valence-corrected chi connectivity index (χ1v) is 9.57. The number of aliphatic imine (C=N–C) groups is 1. The van der Waals surface area contributed by atoms with Crippen LogP contribution in [0.2, 0.25) is 0 Å². The van der Waals surface area contributed by atoms with Gasteiger partial charge >= 0.3 is 0 Å². The van der Waals surface area contributed by atoms with Crippen molar-refractivity contribution < 1.29 is 9.15 Å². The van der Waals surface area contributed by atoms with Gasteiger partial charge in [0, 0.05) is 38.6 Å². The molecule has 1 aromatic heterocycles. The number of guanidine groups is 1. The number of halogens is 1. The third kappa shape index (κ3) is 6.42. The van der Waals surface area contributed by atoms with Crippen LogP contribution in [-0.2, 0) is 11.3 Å². The Morgan fingerprint density at radius 3 is 2.62 bits per heavy atom. The normalized spacial score (nSPS) is 21.0. The van der Waals surface area contributed by atoms with E-state index in [0.29, 0.717) is 12.0 Å². The Morgan fingerprint density at radius 1 is 1.19 bits per heavy atom. The topological polar surface area (TPSA) is 62.0 Å². The zero-order chi connectivity index (χ0) is 17.4. The highest BCUT2D eigenvalue weighted by atomic mass is 127. The zero-order valence-electron chi connectivity index (χ0n) is 15.8. The Labute approximate surface area is 174 Å². The van der Waals surface area contributed by atoms with Crippen LogP contribution in [0.1, 0.15) is 37.9 Å². The Balaban J connectivity index is 0.00000243. The second-order valence-electron chi connectivity index (χ2n) is 7.31. The van der Waals surface area contributed by atoms with E-state index in [1.807, 2.05) is 19.2 Å². The van der Waals surface area contributed by atoms with Gasteiger partial charge in [0.2, 0.25) is 0 Å². The van der Waals surface area contributed by atoms with Crippen molar-refractivity contribution in [3.63, 3.8) is 0 Å². The number of hydrogen-bond acceptors (Lipinski definition) is 4. The second-order valence-corrected chi connectivity index (χ2v) is 7.31. The van der Waals surface area contributed by atoms with Crippen LogP contribution in [0.4, 0.5) is 0 Å². The lowest BCUT2D eigenvalue weighted by molar-refractivity contribution is 0.00820. The van der Waals surface area contributed by atoms with Crippen LogP contribution in [-0.4, -0.2) is 57.3 Å². The Bertz CT molecular complexity index is 524. The lowest BCUT2D eigenvalue weighted by Crippen LogP contribution is -2.51. The molecule has 3 rings (SSSR count). The summed E-state index contributed by atoms with van der Waals surface area (Å²) in [5.74, 6) is 1.77. The molecule has 1 aliphatic heterocycles. The molecule has 0 radical (unpaired) electrons. The summed E-state index contributed by atoms with van der Waals surface area (Å²) < 4.78 is 10.9. The highest BCUT2D eigenvalue weighted by Gasteiger charge is 2.34. The molecule has 1 saturated heterocycles. The third-order valence-corrected chi connectivity index (χ3v) is 5.44. The van der Waals surface area contributed by atoms with E-state index in [0.717, 1.165) is 44.6 Å². The lowest BCUT2D eigenvalue weighted by atomic mass is 9.73. The average Bonchev–Trinajstić information content (AvgIpc) is 3.17. The molecule has 2 aliphatic rings. The maximum Gasteiger partial charge on any atom is 0.191 e. The zero-order valence-corrected chi connectivity index (χ0v) is 18.2. The molecule has 0 spiro atoms. The summed E-state index contributed by atoms with van der Waals surface area (Å²) in [7, 11) is 1.83. The quantitative estimate of drug-likeness (QED) is 0.376. The van der Waals surface area contributed by atoms with Crippen molar-refractivity contribution in [1.82, 2.24) is 15.5 Å². The Morgan fingerprint density at radius 2 is 1.96 bits per heavy atom. The van der Waals surface area contributed by atoms with Gasteiger partial charge in [-0.25, -0.2) is 0 Å². The van der Waals surface area contributed by atoms with Gasteiger partial charge in [0.15, 0.2) is 5.96 Å². The van der Waals surface area contributed by atoms with Crippen molar-refractivity contribution in [1.29, 1.82) is 0 Å². The van der Waals surface area contributed by atoms with E-state index < -0.39 is 0 Å².